The van der Waals surface area contributed by atoms with Gasteiger partial charge >= 0.3 is 6.18 Å². The number of fused-ring (bicyclic) bond motifs is 2. The number of likely N-dealkylation sites (tertiary alicyclic amines) is 1. The summed E-state index contributed by atoms with van der Waals surface area (Å²) in [6.07, 6.45) is -1.07. The Morgan fingerprint density at radius 1 is 1.16 bits per heavy atom. The van der Waals surface area contributed by atoms with Crippen LogP contribution >= 0.6 is 23.2 Å². The summed E-state index contributed by atoms with van der Waals surface area (Å²) in [5.41, 5.74) is 4.75. The normalized spacial score (nSPS) is 21.6. The van der Waals surface area contributed by atoms with Gasteiger partial charge < -0.3 is 10.2 Å². The monoisotopic (exact) mass is 571 g/mol. The highest BCUT2D eigenvalue weighted by molar-refractivity contribution is 6.31. The van der Waals surface area contributed by atoms with Gasteiger partial charge in [0.1, 0.15) is 0 Å². The molecule has 1 aliphatic carbocycles. The fraction of sp³-hybridized carbons (Fsp3) is 0.481. The van der Waals surface area contributed by atoms with Crippen LogP contribution in [0.2, 0.25) is 10.0 Å². The Labute approximate surface area is 229 Å². The number of nitrogens with zero attached hydrogens (tertiary/aromatic N) is 3. The fourth-order valence-corrected chi connectivity index (χ4v) is 6.10. The number of halogens is 5. The van der Waals surface area contributed by atoms with Crippen molar-refractivity contribution < 1.29 is 28.2 Å². The summed E-state index contributed by atoms with van der Waals surface area (Å²) in [5.74, 6) is 0. The summed E-state index contributed by atoms with van der Waals surface area (Å²) in [6, 6.07) is 9.19. The number of aryl methyl sites for hydroxylation is 1. The summed E-state index contributed by atoms with van der Waals surface area (Å²) in [7, 11) is 0. The van der Waals surface area contributed by atoms with Gasteiger partial charge in [-0.05, 0) is 85.2 Å². The maximum Gasteiger partial charge on any atom is 0.434 e. The molecule has 0 saturated carbocycles. The molecular weight excluding hydrogens is 542 g/mol. The van der Waals surface area contributed by atoms with E-state index in [1.54, 1.807) is 6.07 Å². The summed E-state index contributed by atoms with van der Waals surface area (Å²) < 4.78 is 39.6. The molecule has 2 aliphatic heterocycles. The lowest BCUT2D eigenvalue weighted by atomic mass is 9.92. The van der Waals surface area contributed by atoms with Crippen molar-refractivity contribution >= 4 is 35.2 Å². The number of rotatable bonds is 6. The third kappa shape index (κ3) is 6.69. The number of hydrogen-bond donors (Lipinski definition) is 2. The molecule has 5 rings (SSSR count). The third-order valence-corrected chi connectivity index (χ3v) is 7.93. The van der Waals surface area contributed by atoms with E-state index in [9.17, 15) is 18.3 Å². The van der Waals surface area contributed by atoms with Gasteiger partial charge in [0.05, 0.1) is 11.1 Å². The Hall–Kier alpha value is -2.17. The highest BCUT2D eigenvalue weighted by Crippen LogP contribution is 2.42. The van der Waals surface area contributed by atoms with Crippen LogP contribution in [0, 0.1) is 0 Å². The largest absolute Gasteiger partial charge is 0.483 e. The first-order valence-corrected chi connectivity index (χ1v) is 13.3. The second-order valence-electron chi connectivity index (χ2n) is 9.83. The van der Waals surface area contributed by atoms with E-state index in [0.717, 1.165) is 50.5 Å². The van der Waals surface area contributed by atoms with E-state index >= 15 is 0 Å². The number of benzene rings is 1. The highest BCUT2D eigenvalue weighted by Gasteiger charge is 2.37. The van der Waals surface area contributed by atoms with Crippen molar-refractivity contribution in [2.75, 3.05) is 32.7 Å². The minimum atomic E-state index is -4.56. The van der Waals surface area contributed by atoms with E-state index in [-0.39, 0.29) is 23.6 Å². The molecule has 3 heterocycles. The van der Waals surface area contributed by atoms with E-state index in [1.807, 2.05) is 6.07 Å². The number of alkyl halides is 3. The van der Waals surface area contributed by atoms with Crippen LogP contribution in [0.15, 0.2) is 35.9 Å². The van der Waals surface area contributed by atoms with E-state index in [2.05, 4.69) is 26.9 Å². The number of pyridine rings is 1. The van der Waals surface area contributed by atoms with Gasteiger partial charge in [-0.3, -0.25) is 14.6 Å². The maximum atomic E-state index is 13.2. The molecule has 1 fully saturated rings. The predicted molar refractivity (Wildman–Crippen MR) is 140 cm³/mol. The van der Waals surface area contributed by atoms with Crippen LogP contribution in [0.3, 0.4) is 0 Å². The molecule has 0 spiro atoms. The number of aromatic nitrogens is 1. The average molecular weight is 572 g/mol. The van der Waals surface area contributed by atoms with Gasteiger partial charge in [0.15, 0.2) is 5.69 Å². The molecule has 0 radical (unpaired) electrons. The maximum absolute atomic E-state index is 13.2. The second kappa shape index (κ2) is 12.3. The molecule has 1 saturated heterocycles. The third-order valence-electron chi connectivity index (χ3n) is 7.39. The lowest BCUT2D eigenvalue weighted by molar-refractivity contribution is -0.141. The van der Waals surface area contributed by atoms with E-state index in [0.29, 0.717) is 25.1 Å². The number of hydrogen-bond acceptors (Lipinski definition) is 5. The number of carboxylic acid groups (broad SMARTS) is 1. The summed E-state index contributed by atoms with van der Waals surface area (Å²) >= 11 is 12.0. The first-order valence-electron chi connectivity index (χ1n) is 12.6. The smallest absolute Gasteiger partial charge is 0.434 e. The molecule has 1 aromatic carbocycles. The Morgan fingerprint density at radius 2 is 1.92 bits per heavy atom. The molecule has 2 atom stereocenters. The van der Waals surface area contributed by atoms with E-state index in [1.165, 1.54) is 28.3 Å². The Balaban J connectivity index is 0.00000107. The number of carbonyl (C=O) groups is 1. The molecule has 0 amide bonds. The molecule has 2 unspecified atom stereocenters. The van der Waals surface area contributed by atoms with Crippen LogP contribution in [-0.4, -0.2) is 76.3 Å². The molecule has 6 nitrogen and oxygen atoms in total. The van der Waals surface area contributed by atoms with Crippen molar-refractivity contribution in [3.8, 4) is 0 Å². The fourth-order valence-electron chi connectivity index (χ4n) is 5.71. The molecule has 11 heteroatoms. The van der Waals surface area contributed by atoms with E-state index in [4.69, 9.17) is 33.1 Å². The van der Waals surface area contributed by atoms with Crippen LogP contribution in [-0.2, 0) is 23.8 Å². The van der Waals surface area contributed by atoms with Crippen molar-refractivity contribution in [2.24, 2.45) is 0 Å². The molecular formula is C27H30Cl2F3N3O3. The van der Waals surface area contributed by atoms with Gasteiger partial charge in [-0.1, -0.05) is 29.3 Å². The van der Waals surface area contributed by atoms with Crippen molar-refractivity contribution in [3.05, 3.63) is 68.5 Å². The van der Waals surface area contributed by atoms with Gasteiger partial charge in [-0.15, -0.1) is 0 Å². The number of β-amino-alcohol motifs (C(OH)–C–C–N with tert-alkyl or cyclic N) is 1. The van der Waals surface area contributed by atoms with Crippen LogP contribution < -0.4 is 0 Å². The average Bonchev–Trinajstić information content (AvgIpc) is 3.44. The Bertz CT molecular complexity index is 1190. The van der Waals surface area contributed by atoms with Crippen molar-refractivity contribution in [2.45, 2.75) is 50.4 Å². The topological polar surface area (TPSA) is 76.9 Å². The summed E-state index contributed by atoms with van der Waals surface area (Å²) in [4.78, 5) is 16.9. The zero-order valence-corrected chi connectivity index (χ0v) is 22.2. The van der Waals surface area contributed by atoms with Crippen molar-refractivity contribution in [1.29, 1.82) is 0 Å². The molecule has 0 bridgehead atoms. The molecule has 206 valence electrons. The van der Waals surface area contributed by atoms with Crippen molar-refractivity contribution in [3.63, 3.8) is 0 Å². The van der Waals surface area contributed by atoms with Gasteiger partial charge in [-0.2, -0.15) is 13.2 Å². The summed E-state index contributed by atoms with van der Waals surface area (Å²) in [6.45, 7) is 3.80. The number of aliphatic hydroxyl groups excluding tert-OH is 1. The van der Waals surface area contributed by atoms with Crippen LogP contribution in [0.4, 0.5) is 13.2 Å². The minimum absolute atomic E-state index is 0.208. The van der Waals surface area contributed by atoms with Crippen LogP contribution in [0.25, 0.3) is 5.57 Å². The molecule has 3 aliphatic rings. The zero-order chi connectivity index (χ0) is 27.4. The first kappa shape index (κ1) is 28.8. The van der Waals surface area contributed by atoms with Crippen LogP contribution in [0.1, 0.15) is 41.8 Å². The molecule has 2 aromatic rings. The van der Waals surface area contributed by atoms with Crippen LogP contribution in [0.5, 0.6) is 0 Å². The quantitative estimate of drug-likeness (QED) is 0.464. The SMILES string of the molecule is O=CO.OC1CCN(CC2C3=C(CCN2CCCc2ccc(Cl)c(C(F)(F)F)n2)c2cc(Cl)ccc2C3)C1. The molecule has 38 heavy (non-hydrogen) atoms. The first-order chi connectivity index (χ1) is 18.1. The van der Waals surface area contributed by atoms with Gasteiger partial charge in [-0.25, -0.2) is 4.98 Å². The predicted octanol–water partition coefficient (Wildman–Crippen LogP) is 5.19. The standard InChI is InChI=1S/C26H28Cl2F3N3O.CH2O2/c27-17-4-3-16-12-22-20(21(16)13-17)8-11-34(24(22)15-33-10-7-19(35)14-33)9-1-2-18-5-6-23(28)25(32-18)26(29,30)31;2-1-3/h3-6,13,19,24,35H,1-2,7-12,14-15H2;1H,(H,2,3). The highest BCUT2D eigenvalue weighted by atomic mass is 35.5. The van der Waals surface area contributed by atoms with Crippen molar-refractivity contribution in [1.82, 2.24) is 14.8 Å². The zero-order valence-electron chi connectivity index (χ0n) is 20.7. The summed E-state index contributed by atoms with van der Waals surface area (Å²) in [5, 5.41) is 17.3. The molecule has 2 N–H and O–H groups in total. The second-order valence-corrected chi connectivity index (χ2v) is 10.7. The Kier molecular flexibility index (Phi) is 9.36. The number of aliphatic hydroxyl groups is 1. The minimum Gasteiger partial charge on any atom is -0.483 e. The Morgan fingerprint density at radius 3 is 2.61 bits per heavy atom. The van der Waals surface area contributed by atoms with Gasteiger partial charge in [0, 0.05) is 42.9 Å². The lowest BCUT2D eigenvalue weighted by Crippen LogP contribution is -2.48. The molecule has 1 aromatic heterocycles. The van der Waals surface area contributed by atoms with E-state index < -0.39 is 11.9 Å². The van der Waals surface area contributed by atoms with Gasteiger partial charge in [0.2, 0.25) is 0 Å². The van der Waals surface area contributed by atoms with Gasteiger partial charge in [0.25, 0.3) is 6.47 Å². The lowest BCUT2D eigenvalue weighted by Gasteiger charge is -2.39.